The van der Waals surface area contributed by atoms with Gasteiger partial charge in [0.05, 0.1) is 4.90 Å². The van der Waals surface area contributed by atoms with Crippen LogP contribution in [0.2, 0.25) is 0 Å². The zero-order valence-electron chi connectivity index (χ0n) is 18.4. The number of nitrogens with zero attached hydrogens (tertiary/aromatic N) is 2. The summed E-state index contributed by atoms with van der Waals surface area (Å²) in [5.41, 5.74) is 1.16. The second kappa shape index (κ2) is 10.1. The summed E-state index contributed by atoms with van der Waals surface area (Å²) >= 11 is 0. The van der Waals surface area contributed by atoms with Crippen molar-refractivity contribution < 1.29 is 23.1 Å². The summed E-state index contributed by atoms with van der Waals surface area (Å²) in [6.45, 7) is 4.90. The molecule has 1 aromatic rings. The molecule has 3 aliphatic heterocycles. The van der Waals surface area contributed by atoms with Crippen molar-refractivity contribution in [1.29, 1.82) is 0 Å². The van der Waals surface area contributed by atoms with Gasteiger partial charge in [0.1, 0.15) is 0 Å². The van der Waals surface area contributed by atoms with Crippen LogP contribution in [-0.2, 0) is 26.0 Å². The highest BCUT2D eigenvalue weighted by molar-refractivity contribution is 7.90. The Balaban J connectivity index is 0.000000858. The SMILES string of the molecule is CCC[C@H]1[C@H]2C[C@H](CN(Cc3ccc(S(C)(=O)=O)cc3)C2)[C@@H]2CCCC(=O)N21.O=CO. The van der Waals surface area contributed by atoms with Gasteiger partial charge in [-0.25, -0.2) is 8.42 Å². The number of hydrogen-bond donors (Lipinski definition) is 1. The molecule has 3 heterocycles. The maximum atomic E-state index is 12.7. The van der Waals surface area contributed by atoms with Crippen molar-refractivity contribution in [3.8, 4) is 0 Å². The van der Waals surface area contributed by atoms with E-state index in [1.54, 1.807) is 12.1 Å². The van der Waals surface area contributed by atoms with Crippen LogP contribution in [0.4, 0.5) is 0 Å². The van der Waals surface area contributed by atoms with Gasteiger partial charge in [-0.2, -0.15) is 0 Å². The number of hydrogen-bond acceptors (Lipinski definition) is 5. The average Bonchev–Trinajstić information content (AvgIpc) is 2.72. The molecule has 0 saturated carbocycles. The Morgan fingerprint density at radius 1 is 1.16 bits per heavy atom. The number of fused-ring (bicyclic) bond motifs is 4. The minimum Gasteiger partial charge on any atom is -0.483 e. The van der Waals surface area contributed by atoms with Gasteiger partial charge in [-0.1, -0.05) is 25.5 Å². The molecule has 3 fully saturated rings. The predicted octanol–water partition coefficient (Wildman–Crippen LogP) is 2.79. The van der Waals surface area contributed by atoms with Crippen molar-refractivity contribution in [2.24, 2.45) is 11.8 Å². The maximum Gasteiger partial charge on any atom is 0.290 e. The lowest BCUT2D eigenvalue weighted by molar-refractivity contribution is -0.153. The van der Waals surface area contributed by atoms with E-state index in [4.69, 9.17) is 9.90 Å². The van der Waals surface area contributed by atoms with E-state index in [9.17, 15) is 13.2 Å². The van der Waals surface area contributed by atoms with E-state index >= 15 is 0 Å². The molecular formula is C23H34N2O5S. The van der Waals surface area contributed by atoms with E-state index in [1.165, 1.54) is 12.7 Å². The Bertz CT molecular complexity index is 870. The van der Waals surface area contributed by atoms with Gasteiger partial charge >= 0.3 is 0 Å². The topological polar surface area (TPSA) is 95.0 Å². The van der Waals surface area contributed by atoms with Crippen LogP contribution in [0.5, 0.6) is 0 Å². The van der Waals surface area contributed by atoms with Gasteiger partial charge in [0.15, 0.2) is 9.84 Å². The van der Waals surface area contributed by atoms with Crippen molar-refractivity contribution in [3.63, 3.8) is 0 Å². The smallest absolute Gasteiger partial charge is 0.290 e. The fourth-order valence-electron chi connectivity index (χ4n) is 5.77. The third-order valence-electron chi connectivity index (χ3n) is 6.91. The molecule has 8 heteroatoms. The highest BCUT2D eigenvalue weighted by atomic mass is 32.2. The predicted molar refractivity (Wildman–Crippen MR) is 118 cm³/mol. The zero-order valence-corrected chi connectivity index (χ0v) is 19.3. The summed E-state index contributed by atoms with van der Waals surface area (Å²) in [6.07, 6.45) is 7.65. The van der Waals surface area contributed by atoms with Crippen LogP contribution in [0.3, 0.4) is 0 Å². The van der Waals surface area contributed by atoms with Crippen LogP contribution in [0, 0.1) is 11.8 Å². The molecule has 0 radical (unpaired) electrons. The van der Waals surface area contributed by atoms with Gasteiger partial charge in [-0.15, -0.1) is 0 Å². The second-order valence-electron chi connectivity index (χ2n) is 9.09. The lowest BCUT2D eigenvalue weighted by Gasteiger charge is -2.57. The van der Waals surface area contributed by atoms with E-state index in [-0.39, 0.29) is 6.47 Å². The van der Waals surface area contributed by atoms with Gasteiger partial charge in [-0.05, 0) is 55.2 Å². The minimum absolute atomic E-state index is 0.250. The molecule has 0 aromatic heterocycles. The highest BCUT2D eigenvalue weighted by Crippen LogP contribution is 2.43. The molecular weight excluding hydrogens is 416 g/mol. The van der Waals surface area contributed by atoms with E-state index < -0.39 is 9.84 Å². The summed E-state index contributed by atoms with van der Waals surface area (Å²) in [7, 11) is -3.15. The van der Waals surface area contributed by atoms with Crippen molar-refractivity contribution >= 4 is 22.2 Å². The number of sulfone groups is 1. The molecule has 0 unspecified atom stereocenters. The molecule has 0 spiro atoms. The fraction of sp³-hybridized carbons (Fsp3) is 0.652. The molecule has 1 N–H and O–H groups in total. The number of amides is 1. The van der Waals surface area contributed by atoms with Crippen LogP contribution in [0.25, 0.3) is 0 Å². The minimum atomic E-state index is -3.15. The Morgan fingerprint density at radius 3 is 2.42 bits per heavy atom. The van der Waals surface area contributed by atoms with Gasteiger partial charge in [0.2, 0.25) is 5.91 Å². The Hall–Kier alpha value is -1.93. The largest absolute Gasteiger partial charge is 0.483 e. The molecule has 7 nitrogen and oxygen atoms in total. The van der Waals surface area contributed by atoms with Gasteiger partial charge in [0.25, 0.3) is 6.47 Å². The van der Waals surface area contributed by atoms with Crippen LogP contribution < -0.4 is 0 Å². The highest BCUT2D eigenvalue weighted by Gasteiger charge is 2.48. The molecule has 4 rings (SSSR count). The molecule has 31 heavy (non-hydrogen) atoms. The number of carboxylic acid groups (broad SMARTS) is 1. The normalized spacial score (nSPS) is 28.3. The molecule has 0 aliphatic carbocycles. The molecule has 3 aliphatic rings. The van der Waals surface area contributed by atoms with Crippen molar-refractivity contribution in [1.82, 2.24) is 9.80 Å². The number of benzene rings is 1. The number of carbonyl (C=O) groups excluding carboxylic acids is 1. The maximum absolute atomic E-state index is 12.7. The van der Waals surface area contributed by atoms with Gasteiger partial charge in [0, 0.05) is 44.4 Å². The molecule has 1 amide bonds. The quantitative estimate of drug-likeness (QED) is 0.693. The standard InChI is InChI=1S/C22H32N2O3S.CH2O2/c1-3-5-20-17-12-18(21-6-4-7-22(25)24(20)21)15-23(14-17)13-16-8-10-19(11-9-16)28(2,26)27;2-1-3/h8-11,17-18,20-21H,3-7,12-15H2,1-2H3;1H,(H,2,3)/t17-,18+,20-,21-;/m0./s1. The van der Waals surface area contributed by atoms with Gasteiger partial charge in [-0.3, -0.25) is 14.5 Å². The third kappa shape index (κ3) is 5.47. The van der Waals surface area contributed by atoms with E-state index in [1.807, 2.05) is 12.1 Å². The average molecular weight is 451 g/mol. The van der Waals surface area contributed by atoms with Crippen LogP contribution in [-0.4, -0.2) is 67.1 Å². The van der Waals surface area contributed by atoms with Crippen LogP contribution in [0.1, 0.15) is 51.0 Å². The first-order chi connectivity index (χ1) is 14.8. The Kier molecular flexibility index (Phi) is 7.75. The molecule has 4 atom stereocenters. The molecule has 3 saturated heterocycles. The number of rotatable bonds is 5. The van der Waals surface area contributed by atoms with Gasteiger partial charge < -0.3 is 10.0 Å². The lowest BCUT2D eigenvalue weighted by Crippen LogP contribution is -2.64. The number of piperidine rings is 3. The third-order valence-corrected chi connectivity index (χ3v) is 8.04. The summed E-state index contributed by atoms with van der Waals surface area (Å²) in [6, 6.07) is 8.15. The second-order valence-corrected chi connectivity index (χ2v) is 11.1. The molecule has 172 valence electrons. The summed E-state index contributed by atoms with van der Waals surface area (Å²) < 4.78 is 23.4. The summed E-state index contributed by atoms with van der Waals surface area (Å²) in [4.78, 5) is 26.3. The van der Waals surface area contributed by atoms with E-state index in [0.29, 0.717) is 34.7 Å². The Morgan fingerprint density at radius 2 is 1.81 bits per heavy atom. The number of likely N-dealkylation sites (tertiary alicyclic amines) is 1. The summed E-state index contributed by atoms with van der Waals surface area (Å²) in [5, 5.41) is 6.89. The lowest BCUT2D eigenvalue weighted by atomic mass is 9.71. The van der Waals surface area contributed by atoms with E-state index in [0.717, 1.165) is 57.3 Å². The van der Waals surface area contributed by atoms with Crippen LogP contribution >= 0.6 is 0 Å². The first kappa shape index (κ1) is 23.7. The first-order valence-corrected chi connectivity index (χ1v) is 13.1. The van der Waals surface area contributed by atoms with Crippen LogP contribution in [0.15, 0.2) is 29.2 Å². The van der Waals surface area contributed by atoms with E-state index in [2.05, 4.69) is 16.7 Å². The molecule has 2 bridgehead atoms. The monoisotopic (exact) mass is 450 g/mol. The van der Waals surface area contributed by atoms with Crippen molar-refractivity contribution in [2.75, 3.05) is 19.3 Å². The zero-order chi connectivity index (χ0) is 22.6. The number of carbonyl (C=O) groups is 2. The molecule has 1 aromatic carbocycles. The summed E-state index contributed by atoms with van der Waals surface area (Å²) in [5.74, 6) is 1.52. The first-order valence-electron chi connectivity index (χ1n) is 11.2. The fourth-order valence-corrected chi connectivity index (χ4v) is 6.40. The van der Waals surface area contributed by atoms with Crippen molar-refractivity contribution in [2.45, 2.75) is 69.0 Å². The Labute approximate surface area is 185 Å². The van der Waals surface area contributed by atoms with Crippen molar-refractivity contribution in [3.05, 3.63) is 29.8 Å².